The van der Waals surface area contributed by atoms with Crippen LogP contribution in [0.2, 0.25) is 0 Å². The number of benzene rings is 1. The van der Waals surface area contributed by atoms with Gasteiger partial charge in [-0.15, -0.1) is 11.3 Å². The maximum atomic E-state index is 11.8. The van der Waals surface area contributed by atoms with E-state index in [4.69, 9.17) is 0 Å². The van der Waals surface area contributed by atoms with E-state index in [2.05, 4.69) is 10.6 Å². The molecular weight excluding hydrogens is 312 g/mol. The van der Waals surface area contributed by atoms with Crippen LogP contribution in [0.1, 0.15) is 35.9 Å². The van der Waals surface area contributed by atoms with Gasteiger partial charge >= 0.3 is 11.8 Å². The van der Waals surface area contributed by atoms with E-state index in [1.165, 1.54) is 11.3 Å². The molecule has 1 aromatic carbocycles. The fourth-order valence-corrected chi connectivity index (χ4v) is 2.86. The molecule has 2 rings (SSSR count). The molecular formula is C17H20N2O3S. The molecule has 0 radical (unpaired) electrons. The number of hydrogen-bond donors (Lipinski definition) is 3. The molecule has 1 aromatic heterocycles. The predicted octanol–water partition coefficient (Wildman–Crippen LogP) is 2.17. The van der Waals surface area contributed by atoms with Crippen molar-refractivity contribution < 1.29 is 14.7 Å². The highest BCUT2D eigenvalue weighted by Crippen LogP contribution is 2.20. The molecule has 0 aliphatic rings. The summed E-state index contributed by atoms with van der Waals surface area (Å²) >= 11 is 1.46. The van der Waals surface area contributed by atoms with Gasteiger partial charge in [0.25, 0.3) is 0 Å². The van der Waals surface area contributed by atoms with Gasteiger partial charge in [0.2, 0.25) is 0 Å². The van der Waals surface area contributed by atoms with Gasteiger partial charge in [-0.25, -0.2) is 0 Å². The Hall–Kier alpha value is -2.18. The van der Waals surface area contributed by atoms with Crippen molar-refractivity contribution in [3.8, 4) is 0 Å². The van der Waals surface area contributed by atoms with Crippen molar-refractivity contribution >= 4 is 23.2 Å². The zero-order valence-electron chi connectivity index (χ0n) is 12.9. The van der Waals surface area contributed by atoms with E-state index in [1.54, 1.807) is 0 Å². The van der Waals surface area contributed by atoms with E-state index < -0.39 is 17.9 Å². The first kappa shape index (κ1) is 17.2. The first-order valence-corrected chi connectivity index (χ1v) is 8.31. The average molecular weight is 332 g/mol. The Morgan fingerprint density at radius 1 is 1.13 bits per heavy atom. The molecule has 0 fully saturated rings. The highest BCUT2D eigenvalue weighted by molar-refractivity contribution is 7.10. The molecule has 2 atom stereocenters. The van der Waals surface area contributed by atoms with Gasteiger partial charge in [0.15, 0.2) is 0 Å². The number of aliphatic hydroxyl groups is 1. The summed E-state index contributed by atoms with van der Waals surface area (Å²) in [5, 5.41) is 17.0. The molecule has 1 heterocycles. The molecule has 122 valence electrons. The zero-order chi connectivity index (χ0) is 16.7. The fraction of sp³-hybridized carbons (Fsp3) is 0.294. The maximum absolute atomic E-state index is 11.8. The SMILES string of the molecule is C[C@@H](NC(=O)C(=O)NCC[C@H](O)c1cccs1)c1ccccc1. The summed E-state index contributed by atoms with van der Waals surface area (Å²) in [7, 11) is 0. The molecule has 23 heavy (non-hydrogen) atoms. The summed E-state index contributed by atoms with van der Waals surface area (Å²) in [6.07, 6.45) is -0.255. The normalized spacial score (nSPS) is 13.1. The van der Waals surface area contributed by atoms with Gasteiger partial charge in [-0.3, -0.25) is 9.59 Å². The third kappa shape index (κ3) is 5.19. The van der Waals surface area contributed by atoms with Crippen LogP contribution in [0.15, 0.2) is 47.8 Å². The van der Waals surface area contributed by atoms with E-state index in [0.29, 0.717) is 6.42 Å². The van der Waals surface area contributed by atoms with Crippen molar-refractivity contribution in [1.82, 2.24) is 10.6 Å². The van der Waals surface area contributed by atoms with Gasteiger partial charge in [0.1, 0.15) is 0 Å². The molecule has 5 nitrogen and oxygen atoms in total. The minimum atomic E-state index is -0.689. The smallest absolute Gasteiger partial charge is 0.309 e. The molecule has 6 heteroatoms. The molecule has 0 unspecified atom stereocenters. The summed E-state index contributed by atoms with van der Waals surface area (Å²) in [5.41, 5.74) is 0.932. The minimum absolute atomic E-state index is 0.241. The van der Waals surface area contributed by atoms with E-state index in [-0.39, 0.29) is 12.6 Å². The first-order valence-electron chi connectivity index (χ1n) is 7.43. The number of nitrogens with one attached hydrogen (secondary N) is 2. The third-order valence-corrected chi connectivity index (χ3v) is 4.40. The topological polar surface area (TPSA) is 78.4 Å². The van der Waals surface area contributed by atoms with E-state index in [9.17, 15) is 14.7 Å². The lowest BCUT2D eigenvalue weighted by Gasteiger charge is -2.14. The lowest BCUT2D eigenvalue weighted by Crippen LogP contribution is -2.41. The molecule has 2 aromatic rings. The lowest BCUT2D eigenvalue weighted by atomic mass is 10.1. The van der Waals surface area contributed by atoms with E-state index in [0.717, 1.165) is 10.4 Å². The van der Waals surface area contributed by atoms with Crippen LogP contribution in [0, 0.1) is 0 Å². The van der Waals surface area contributed by atoms with Gasteiger partial charge in [-0.05, 0) is 30.4 Å². The quantitative estimate of drug-likeness (QED) is 0.709. The highest BCUT2D eigenvalue weighted by Gasteiger charge is 2.17. The Labute approximate surface area is 139 Å². The van der Waals surface area contributed by atoms with Crippen LogP contribution in [0.25, 0.3) is 0 Å². The van der Waals surface area contributed by atoms with Crippen molar-refractivity contribution in [3.63, 3.8) is 0 Å². The molecule has 0 spiro atoms. The van der Waals surface area contributed by atoms with Crippen LogP contribution in [-0.2, 0) is 9.59 Å². The maximum Gasteiger partial charge on any atom is 0.309 e. The molecule has 0 saturated carbocycles. The van der Waals surface area contributed by atoms with Gasteiger partial charge in [-0.2, -0.15) is 0 Å². The average Bonchev–Trinajstić information content (AvgIpc) is 3.10. The Balaban J connectivity index is 1.74. The van der Waals surface area contributed by atoms with Crippen molar-refractivity contribution in [3.05, 3.63) is 58.3 Å². The second-order valence-corrected chi connectivity index (χ2v) is 6.16. The number of amides is 2. The van der Waals surface area contributed by atoms with E-state index in [1.807, 2.05) is 54.8 Å². The Morgan fingerprint density at radius 3 is 2.52 bits per heavy atom. The van der Waals surface area contributed by atoms with Gasteiger partial charge in [-0.1, -0.05) is 36.4 Å². The van der Waals surface area contributed by atoms with Crippen molar-refractivity contribution in [2.45, 2.75) is 25.5 Å². The largest absolute Gasteiger partial charge is 0.388 e. The summed E-state index contributed by atoms with van der Waals surface area (Å²) in [6.45, 7) is 2.06. The Kier molecular flexibility index (Phi) is 6.31. The molecule has 0 aliphatic carbocycles. The molecule has 0 saturated heterocycles. The first-order chi connectivity index (χ1) is 11.1. The van der Waals surface area contributed by atoms with Crippen LogP contribution in [0.5, 0.6) is 0 Å². The Bertz CT molecular complexity index is 629. The van der Waals surface area contributed by atoms with Gasteiger partial charge in [0.05, 0.1) is 12.1 Å². The van der Waals surface area contributed by atoms with Crippen LogP contribution < -0.4 is 10.6 Å². The summed E-state index contributed by atoms with van der Waals surface area (Å²) < 4.78 is 0. The number of aliphatic hydroxyl groups excluding tert-OH is 1. The van der Waals surface area contributed by atoms with Crippen LogP contribution >= 0.6 is 11.3 Å². The van der Waals surface area contributed by atoms with E-state index >= 15 is 0 Å². The van der Waals surface area contributed by atoms with Gasteiger partial charge in [0, 0.05) is 11.4 Å². The number of carbonyl (C=O) groups is 2. The number of rotatable bonds is 6. The lowest BCUT2D eigenvalue weighted by molar-refractivity contribution is -0.139. The van der Waals surface area contributed by atoms with Crippen LogP contribution in [-0.4, -0.2) is 23.5 Å². The van der Waals surface area contributed by atoms with Crippen molar-refractivity contribution in [2.24, 2.45) is 0 Å². The highest BCUT2D eigenvalue weighted by atomic mass is 32.1. The van der Waals surface area contributed by atoms with Crippen molar-refractivity contribution in [2.75, 3.05) is 6.54 Å². The summed E-state index contributed by atoms with van der Waals surface area (Å²) in [6, 6.07) is 12.9. The van der Waals surface area contributed by atoms with Crippen LogP contribution in [0.3, 0.4) is 0 Å². The van der Waals surface area contributed by atoms with Crippen molar-refractivity contribution in [1.29, 1.82) is 0 Å². The molecule has 3 N–H and O–H groups in total. The second kappa shape index (κ2) is 8.45. The van der Waals surface area contributed by atoms with Crippen LogP contribution in [0.4, 0.5) is 0 Å². The Morgan fingerprint density at radius 2 is 1.87 bits per heavy atom. The number of thiophene rings is 1. The zero-order valence-corrected chi connectivity index (χ0v) is 13.7. The molecule has 0 bridgehead atoms. The monoisotopic (exact) mass is 332 g/mol. The number of carbonyl (C=O) groups excluding carboxylic acids is 2. The van der Waals surface area contributed by atoms with Gasteiger partial charge < -0.3 is 15.7 Å². The third-order valence-electron chi connectivity index (χ3n) is 3.43. The number of hydrogen-bond acceptors (Lipinski definition) is 4. The fourth-order valence-electron chi connectivity index (χ4n) is 2.11. The standard InChI is InChI=1S/C17H20N2O3S/c1-12(13-6-3-2-4-7-13)19-17(22)16(21)18-10-9-14(20)15-8-5-11-23-15/h2-8,11-12,14,20H,9-10H2,1H3,(H,18,21)(H,19,22)/t12-,14+/m1/s1. The molecule has 2 amide bonds. The summed E-state index contributed by atoms with van der Waals surface area (Å²) in [4.78, 5) is 24.5. The second-order valence-electron chi connectivity index (χ2n) is 5.18. The summed E-state index contributed by atoms with van der Waals surface area (Å²) in [5.74, 6) is -1.36. The molecule has 0 aliphatic heterocycles. The predicted molar refractivity (Wildman–Crippen MR) is 89.9 cm³/mol. The minimum Gasteiger partial charge on any atom is -0.388 e.